The van der Waals surface area contributed by atoms with Crippen LogP contribution in [0.5, 0.6) is 0 Å². The number of aliphatic carboxylic acids is 1. The van der Waals surface area contributed by atoms with E-state index in [9.17, 15) is 14.4 Å². The first kappa shape index (κ1) is 25.3. The highest BCUT2D eigenvalue weighted by molar-refractivity contribution is 5.80. The van der Waals surface area contributed by atoms with Gasteiger partial charge in [-0.3, -0.25) is 9.59 Å². The molecule has 0 aliphatic heterocycles. The standard InChI is InChI=1S/C27H34N2O5/c1-4-9-18(14-25(30)29-24(17(2)3)15-26(31)32)28-27(33)34-16-23-21-12-7-5-10-19(21)20-11-6-8-13-22(20)23/h5-8,10-13,17-18,23-24H,4,9,14-16H2,1-3H3,(H,28,33)(H,29,30)(H,31,32)/t18-,24+/m1/s1. The third-order valence-corrected chi connectivity index (χ3v) is 6.28. The number of carbonyl (C=O) groups is 3. The zero-order chi connectivity index (χ0) is 24.7. The summed E-state index contributed by atoms with van der Waals surface area (Å²) in [4.78, 5) is 36.3. The molecule has 0 heterocycles. The molecule has 3 N–H and O–H groups in total. The molecule has 0 radical (unpaired) electrons. The number of fused-ring (bicyclic) bond motifs is 3. The molecular formula is C27H34N2O5. The molecule has 2 aromatic rings. The Balaban J connectivity index is 1.58. The van der Waals surface area contributed by atoms with Gasteiger partial charge in [-0.15, -0.1) is 0 Å². The van der Waals surface area contributed by atoms with E-state index in [1.54, 1.807) is 0 Å². The second-order valence-electron chi connectivity index (χ2n) is 9.18. The van der Waals surface area contributed by atoms with Crippen molar-refractivity contribution in [3.63, 3.8) is 0 Å². The first-order valence-electron chi connectivity index (χ1n) is 11.9. The van der Waals surface area contributed by atoms with Gasteiger partial charge in [0.25, 0.3) is 0 Å². The number of amides is 2. The van der Waals surface area contributed by atoms with E-state index in [-0.39, 0.29) is 37.2 Å². The van der Waals surface area contributed by atoms with Crippen LogP contribution in [-0.2, 0) is 14.3 Å². The monoisotopic (exact) mass is 466 g/mol. The number of benzene rings is 2. The molecule has 2 atom stereocenters. The maximum absolute atomic E-state index is 12.6. The SMILES string of the molecule is CCC[C@H](CC(=O)N[C@@H](CC(=O)O)C(C)C)NC(=O)OCC1c2ccccc2-c2ccccc21. The second-order valence-corrected chi connectivity index (χ2v) is 9.18. The maximum Gasteiger partial charge on any atom is 0.407 e. The van der Waals surface area contributed by atoms with Crippen LogP contribution < -0.4 is 10.6 Å². The van der Waals surface area contributed by atoms with Gasteiger partial charge in [0.05, 0.1) is 6.42 Å². The Hall–Kier alpha value is -3.35. The van der Waals surface area contributed by atoms with Gasteiger partial charge in [0.15, 0.2) is 0 Å². The molecule has 0 aromatic heterocycles. The van der Waals surface area contributed by atoms with Gasteiger partial charge in [0, 0.05) is 24.4 Å². The fourth-order valence-electron chi connectivity index (χ4n) is 4.51. The normalized spacial score (nSPS) is 14.1. The van der Waals surface area contributed by atoms with Crippen LogP contribution in [-0.4, -0.2) is 41.8 Å². The molecule has 0 saturated heterocycles. The summed E-state index contributed by atoms with van der Waals surface area (Å²) in [6, 6.07) is 15.4. The Labute approximate surface area is 200 Å². The number of carboxylic acid groups (broad SMARTS) is 1. The Kier molecular flexibility index (Phi) is 8.68. The number of rotatable bonds is 11. The minimum absolute atomic E-state index is 0.0141. The van der Waals surface area contributed by atoms with Crippen LogP contribution in [0.25, 0.3) is 11.1 Å². The van der Waals surface area contributed by atoms with Crippen molar-refractivity contribution < 1.29 is 24.2 Å². The lowest BCUT2D eigenvalue weighted by atomic mass is 9.98. The predicted molar refractivity (Wildman–Crippen MR) is 131 cm³/mol. The Morgan fingerprint density at radius 1 is 0.941 bits per heavy atom. The Morgan fingerprint density at radius 3 is 2.06 bits per heavy atom. The summed E-state index contributed by atoms with van der Waals surface area (Å²) in [7, 11) is 0. The maximum atomic E-state index is 12.6. The molecule has 2 aromatic carbocycles. The number of carbonyl (C=O) groups excluding carboxylic acids is 2. The average molecular weight is 467 g/mol. The minimum atomic E-state index is -0.958. The smallest absolute Gasteiger partial charge is 0.407 e. The molecule has 182 valence electrons. The third-order valence-electron chi connectivity index (χ3n) is 6.28. The van der Waals surface area contributed by atoms with Crippen LogP contribution in [0.4, 0.5) is 4.79 Å². The number of hydrogen-bond donors (Lipinski definition) is 3. The van der Waals surface area contributed by atoms with Gasteiger partial charge in [0.2, 0.25) is 5.91 Å². The highest BCUT2D eigenvalue weighted by Gasteiger charge is 2.29. The third kappa shape index (κ3) is 6.37. The van der Waals surface area contributed by atoms with Crippen molar-refractivity contribution in [1.29, 1.82) is 0 Å². The lowest BCUT2D eigenvalue weighted by Crippen LogP contribution is -2.44. The van der Waals surface area contributed by atoms with Crippen molar-refractivity contribution >= 4 is 18.0 Å². The molecule has 7 nitrogen and oxygen atoms in total. The van der Waals surface area contributed by atoms with Gasteiger partial charge in [0.1, 0.15) is 6.61 Å². The lowest BCUT2D eigenvalue weighted by Gasteiger charge is -2.23. The minimum Gasteiger partial charge on any atom is -0.481 e. The van der Waals surface area contributed by atoms with Gasteiger partial charge < -0.3 is 20.5 Å². The summed E-state index contributed by atoms with van der Waals surface area (Å²) in [6.07, 6.45) is 0.773. The lowest BCUT2D eigenvalue weighted by molar-refractivity contribution is -0.138. The van der Waals surface area contributed by atoms with E-state index < -0.39 is 24.1 Å². The van der Waals surface area contributed by atoms with E-state index in [0.29, 0.717) is 6.42 Å². The average Bonchev–Trinajstić information content (AvgIpc) is 3.11. The molecule has 34 heavy (non-hydrogen) atoms. The molecule has 7 heteroatoms. The molecule has 1 aliphatic rings. The van der Waals surface area contributed by atoms with Crippen LogP contribution in [0.1, 0.15) is 63.5 Å². The molecule has 0 bridgehead atoms. The molecule has 1 aliphatic carbocycles. The van der Waals surface area contributed by atoms with Crippen LogP contribution in [0, 0.1) is 5.92 Å². The molecule has 3 rings (SSSR count). The van der Waals surface area contributed by atoms with E-state index in [2.05, 4.69) is 34.9 Å². The van der Waals surface area contributed by atoms with E-state index in [1.807, 2.05) is 45.0 Å². The second kappa shape index (κ2) is 11.7. The van der Waals surface area contributed by atoms with Gasteiger partial charge in [-0.25, -0.2) is 4.79 Å². The summed E-state index contributed by atoms with van der Waals surface area (Å²) in [5.41, 5.74) is 4.60. The summed E-state index contributed by atoms with van der Waals surface area (Å²) < 4.78 is 5.61. The van der Waals surface area contributed by atoms with Crippen LogP contribution in [0.2, 0.25) is 0 Å². The first-order chi connectivity index (χ1) is 16.3. The number of carboxylic acids is 1. The van der Waals surface area contributed by atoms with Crippen molar-refractivity contribution in [3.05, 3.63) is 59.7 Å². The molecule has 0 fully saturated rings. The van der Waals surface area contributed by atoms with Crippen molar-refractivity contribution in [3.8, 4) is 11.1 Å². The number of nitrogens with one attached hydrogen (secondary N) is 2. The summed E-state index contributed by atoms with van der Waals surface area (Å²) in [5, 5.41) is 14.7. The topological polar surface area (TPSA) is 105 Å². The molecule has 0 unspecified atom stereocenters. The van der Waals surface area contributed by atoms with E-state index in [1.165, 1.54) is 0 Å². The number of hydrogen-bond acceptors (Lipinski definition) is 4. The Morgan fingerprint density at radius 2 is 1.53 bits per heavy atom. The Bertz CT molecular complexity index is 974. The number of ether oxygens (including phenoxy) is 1. The zero-order valence-electron chi connectivity index (χ0n) is 20.0. The van der Waals surface area contributed by atoms with Gasteiger partial charge in [-0.2, -0.15) is 0 Å². The fourth-order valence-corrected chi connectivity index (χ4v) is 4.51. The van der Waals surface area contributed by atoms with Gasteiger partial charge in [-0.05, 0) is 34.6 Å². The van der Waals surface area contributed by atoms with Crippen LogP contribution in [0.3, 0.4) is 0 Å². The number of alkyl carbamates (subject to hydrolysis) is 1. The van der Waals surface area contributed by atoms with E-state index in [4.69, 9.17) is 9.84 Å². The zero-order valence-corrected chi connectivity index (χ0v) is 20.0. The molecule has 0 saturated carbocycles. The molecular weight excluding hydrogens is 432 g/mol. The van der Waals surface area contributed by atoms with Crippen molar-refractivity contribution in [2.24, 2.45) is 5.92 Å². The van der Waals surface area contributed by atoms with Crippen LogP contribution >= 0.6 is 0 Å². The largest absolute Gasteiger partial charge is 0.481 e. The summed E-state index contributed by atoms with van der Waals surface area (Å²) in [6.45, 7) is 5.92. The van der Waals surface area contributed by atoms with Crippen LogP contribution in [0.15, 0.2) is 48.5 Å². The van der Waals surface area contributed by atoms with E-state index in [0.717, 1.165) is 28.7 Å². The highest BCUT2D eigenvalue weighted by atomic mass is 16.5. The summed E-state index contributed by atoms with van der Waals surface area (Å²) >= 11 is 0. The fraction of sp³-hybridized carbons (Fsp3) is 0.444. The van der Waals surface area contributed by atoms with Crippen molar-refractivity contribution in [2.45, 2.75) is 64.5 Å². The van der Waals surface area contributed by atoms with Gasteiger partial charge >= 0.3 is 12.1 Å². The first-order valence-corrected chi connectivity index (χ1v) is 11.9. The van der Waals surface area contributed by atoms with Crippen molar-refractivity contribution in [1.82, 2.24) is 10.6 Å². The summed E-state index contributed by atoms with van der Waals surface area (Å²) in [5.74, 6) is -1.29. The quantitative estimate of drug-likeness (QED) is 0.445. The molecule has 2 amide bonds. The predicted octanol–water partition coefficient (Wildman–Crippen LogP) is 4.70. The van der Waals surface area contributed by atoms with Crippen molar-refractivity contribution in [2.75, 3.05) is 6.61 Å². The van der Waals surface area contributed by atoms with E-state index >= 15 is 0 Å². The highest BCUT2D eigenvalue weighted by Crippen LogP contribution is 2.44. The van der Waals surface area contributed by atoms with Gasteiger partial charge in [-0.1, -0.05) is 75.7 Å². The molecule has 0 spiro atoms.